The molecule has 0 aliphatic carbocycles. The molecule has 84 valence electrons. The molecule has 2 rings (SSSR count). The number of hydrogen-bond donors (Lipinski definition) is 0. The van der Waals surface area contributed by atoms with E-state index in [9.17, 15) is 17.5 Å². The summed E-state index contributed by atoms with van der Waals surface area (Å²) in [6.07, 6.45) is 0. The van der Waals surface area contributed by atoms with Crippen molar-refractivity contribution in [1.82, 2.24) is 0 Å². The van der Waals surface area contributed by atoms with E-state index >= 15 is 0 Å². The highest BCUT2D eigenvalue weighted by atomic mass is 32.2. The molecule has 2 atom stereocenters. The quantitative estimate of drug-likeness (QED) is 0.757. The molecule has 6 heteroatoms. The minimum Gasteiger partial charge on any atom is -0.768 e. The smallest absolute Gasteiger partial charge is 0.0255 e. The minimum absolute atomic E-state index is 0.184. The molecule has 0 aliphatic heterocycles. The maximum atomic E-state index is 10.7. The van der Waals surface area contributed by atoms with Crippen LogP contribution in [0.1, 0.15) is 0 Å². The molecule has 4 nitrogen and oxygen atoms in total. The summed E-state index contributed by atoms with van der Waals surface area (Å²) in [5.74, 6) is 0. The van der Waals surface area contributed by atoms with Gasteiger partial charge in [0.05, 0.1) is 0 Å². The molecule has 2 aromatic carbocycles. The first-order chi connectivity index (χ1) is 7.58. The lowest BCUT2D eigenvalue weighted by molar-refractivity contribution is 0.535. The number of rotatable bonds is 2. The normalized spacial score (nSPS) is 14.9. The van der Waals surface area contributed by atoms with Gasteiger partial charge in [0, 0.05) is 9.79 Å². The second-order valence-electron chi connectivity index (χ2n) is 3.14. The summed E-state index contributed by atoms with van der Waals surface area (Å²) < 4.78 is 42.9. The number of benzene rings is 2. The van der Waals surface area contributed by atoms with Crippen LogP contribution in [0, 0.1) is 0 Å². The Kier molecular flexibility index (Phi) is 3.15. The average Bonchev–Trinajstić information content (AvgIpc) is 2.27. The van der Waals surface area contributed by atoms with Crippen LogP contribution in [0.4, 0.5) is 0 Å². The highest BCUT2D eigenvalue weighted by Crippen LogP contribution is 2.20. The Morgan fingerprint density at radius 3 is 1.44 bits per heavy atom. The molecule has 0 saturated carbocycles. The predicted molar refractivity (Wildman–Crippen MR) is 58.3 cm³/mol. The van der Waals surface area contributed by atoms with E-state index in [-0.39, 0.29) is 9.79 Å². The molecular weight excluding hydrogens is 248 g/mol. The molecule has 0 bridgehead atoms. The Balaban J connectivity index is 2.61. The Hall–Kier alpha value is -1.08. The fourth-order valence-corrected chi connectivity index (χ4v) is 2.21. The summed E-state index contributed by atoms with van der Waals surface area (Å²) >= 11 is -4.54. The van der Waals surface area contributed by atoms with Crippen LogP contribution in [-0.4, -0.2) is 17.5 Å². The van der Waals surface area contributed by atoms with Gasteiger partial charge in [-0.15, -0.1) is 0 Å². The van der Waals surface area contributed by atoms with Crippen LogP contribution in [-0.2, 0) is 22.2 Å². The molecule has 0 saturated heterocycles. The van der Waals surface area contributed by atoms with Crippen molar-refractivity contribution in [2.24, 2.45) is 0 Å². The van der Waals surface area contributed by atoms with Gasteiger partial charge in [0.2, 0.25) is 0 Å². The van der Waals surface area contributed by atoms with Gasteiger partial charge in [-0.2, -0.15) is 0 Å². The molecule has 0 heterocycles. The third kappa shape index (κ3) is 2.19. The van der Waals surface area contributed by atoms with Gasteiger partial charge in [0.15, 0.2) is 0 Å². The standard InChI is InChI=1S/C10H8O4S2/c11-15(12)9-3-1-7-5-10(16(13)14)4-2-8(7)6-9/h1-6H,(H,11,12)(H,13,14)/p-2. The molecule has 2 aromatic rings. The lowest BCUT2D eigenvalue weighted by Gasteiger charge is -2.09. The second kappa shape index (κ2) is 4.42. The van der Waals surface area contributed by atoms with Crippen molar-refractivity contribution in [3.63, 3.8) is 0 Å². The van der Waals surface area contributed by atoms with Crippen molar-refractivity contribution in [3.8, 4) is 0 Å². The fraction of sp³-hybridized carbons (Fsp3) is 0. The molecule has 0 aliphatic rings. The zero-order chi connectivity index (χ0) is 11.7. The van der Waals surface area contributed by atoms with Gasteiger partial charge in [-0.3, -0.25) is 8.42 Å². The molecule has 16 heavy (non-hydrogen) atoms. The summed E-state index contributed by atoms with van der Waals surface area (Å²) in [5, 5.41) is 1.38. The monoisotopic (exact) mass is 254 g/mol. The van der Waals surface area contributed by atoms with Crippen molar-refractivity contribution in [2.75, 3.05) is 0 Å². The Labute approximate surface area is 96.9 Å². The molecule has 2 unspecified atom stereocenters. The summed E-state index contributed by atoms with van der Waals surface area (Å²) in [6, 6.07) is 9.02. The molecular formula is C10H6O4S2-2. The van der Waals surface area contributed by atoms with E-state index < -0.39 is 22.2 Å². The second-order valence-corrected chi connectivity index (χ2v) is 5.02. The number of fused-ring (bicyclic) bond motifs is 1. The minimum atomic E-state index is -2.27. The maximum Gasteiger partial charge on any atom is 0.0255 e. The molecule has 0 spiro atoms. The largest absolute Gasteiger partial charge is 0.768 e. The van der Waals surface area contributed by atoms with E-state index in [1.807, 2.05) is 0 Å². The fourth-order valence-electron chi connectivity index (χ4n) is 1.41. The van der Waals surface area contributed by atoms with Crippen LogP contribution in [0.5, 0.6) is 0 Å². The SMILES string of the molecule is O=S([O-])c1ccc2cc(S(=O)[O-])ccc2c1. The van der Waals surface area contributed by atoms with Crippen LogP contribution in [0.25, 0.3) is 10.8 Å². The first kappa shape index (κ1) is 11.4. The summed E-state index contributed by atoms with van der Waals surface area (Å²) in [4.78, 5) is 0.368. The van der Waals surface area contributed by atoms with Crippen LogP contribution in [0.2, 0.25) is 0 Å². The molecule has 0 fully saturated rings. The topological polar surface area (TPSA) is 80.3 Å². The molecule has 0 radical (unpaired) electrons. The van der Waals surface area contributed by atoms with Crippen molar-refractivity contribution in [3.05, 3.63) is 36.4 Å². The Bertz CT molecular complexity index is 541. The van der Waals surface area contributed by atoms with Gasteiger partial charge >= 0.3 is 0 Å². The third-order valence-corrected chi connectivity index (χ3v) is 3.45. The maximum absolute atomic E-state index is 10.7. The lowest BCUT2D eigenvalue weighted by atomic mass is 10.1. The van der Waals surface area contributed by atoms with E-state index in [0.717, 1.165) is 0 Å². The highest BCUT2D eigenvalue weighted by Gasteiger charge is 1.99. The summed E-state index contributed by atoms with van der Waals surface area (Å²) in [6.45, 7) is 0. The van der Waals surface area contributed by atoms with Gasteiger partial charge in [0.25, 0.3) is 0 Å². The van der Waals surface area contributed by atoms with E-state index in [2.05, 4.69) is 0 Å². The number of hydrogen-bond acceptors (Lipinski definition) is 4. The first-order valence-electron chi connectivity index (χ1n) is 4.30. The zero-order valence-electron chi connectivity index (χ0n) is 7.91. The summed E-state index contributed by atoms with van der Waals surface area (Å²) in [7, 11) is 0. The van der Waals surface area contributed by atoms with Gasteiger partial charge in [0.1, 0.15) is 0 Å². The van der Waals surface area contributed by atoms with E-state index in [0.29, 0.717) is 10.8 Å². The van der Waals surface area contributed by atoms with Crippen molar-refractivity contribution < 1.29 is 17.5 Å². The van der Waals surface area contributed by atoms with Crippen LogP contribution < -0.4 is 0 Å². The lowest BCUT2D eigenvalue weighted by Crippen LogP contribution is -1.90. The molecule has 0 N–H and O–H groups in total. The predicted octanol–water partition coefficient (Wildman–Crippen LogP) is 1.32. The van der Waals surface area contributed by atoms with Gasteiger partial charge in [-0.1, -0.05) is 12.1 Å². The van der Waals surface area contributed by atoms with Gasteiger partial charge in [-0.05, 0) is 57.2 Å². The van der Waals surface area contributed by atoms with Crippen molar-refractivity contribution >= 4 is 32.9 Å². The third-order valence-electron chi connectivity index (χ3n) is 2.17. The highest BCUT2D eigenvalue weighted by molar-refractivity contribution is 7.79. The van der Waals surface area contributed by atoms with Gasteiger partial charge in [-0.25, -0.2) is 0 Å². The van der Waals surface area contributed by atoms with E-state index in [4.69, 9.17) is 0 Å². The Morgan fingerprint density at radius 1 is 0.750 bits per heavy atom. The zero-order valence-corrected chi connectivity index (χ0v) is 9.55. The van der Waals surface area contributed by atoms with E-state index in [1.54, 1.807) is 12.1 Å². The van der Waals surface area contributed by atoms with Crippen molar-refractivity contribution in [2.45, 2.75) is 9.79 Å². The first-order valence-corrected chi connectivity index (χ1v) is 6.45. The van der Waals surface area contributed by atoms with E-state index in [1.165, 1.54) is 24.3 Å². The van der Waals surface area contributed by atoms with Crippen LogP contribution >= 0.6 is 0 Å². The van der Waals surface area contributed by atoms with Crippen LogP contribution in [0.3, 0.4) is 0 Å². The molecule has 0 aromatic heterocycles. The molecule has 0 amide bonds. The van der Waals surface area contributed by atoms with Gasteiger partial charge < -0.3 is 9.11 Å². The Morgan fingerprint density at radius 2 is 1.12 bits per heavy atom. The van der Waals surface area contributed by atoms with Crippen LogP contribution in [0.15, 0.2) is 46.2 Å². The average molecular weight is 254 g/mol. The van der Waals surface area contributed by atoms with Crippen molar-refractivity contribution in [1.29, 1.82) is 0 Å². The summed E-state index contributed by atoms with van der Waals surface area (Å²) in [5.41, 5.74) is 0.